The van der Waals surface area contributed by atoms with Crippen molar-refractivity contribution in [2.45, 2.75) is 41.8 Å². The number of aliphatic hydroxyl groups excluding tert-OH is 1. The van der Waals surface area contributed by atoms with E-state index in [4.69, 9.17) is 5.73 Å². The van der Waals surface area contributed by atoms with Gasteiger partial charge in [0.15, 0.2) is 0 Å². The maximum absolute atomic E-state index is 9.35. The minimum Gasteiger partial charge on any atom is -0.392 e. The highest BCUT2D eigenvalue weighted by Crippen LogP contribution is 2.22. The van der Waals surface area contributed by atoms with Crippen LogP contribution in [-0.2, 0) is 0 Å². The van der Waals surface area contributed by atoms with Crippen LogP contribution in [0, 0.1) is 0 Å². The molecule has 0 spiro atoms. The summed E-state index contributed by atoms with van der Waals surface area (Å²) in [5.74, 6) is 0. The van der Waals surface area contributed by atoms with E-state index in [1.165, 1.54) is 6.42 Å². The van der Waals surface area contributed by atoms with Crippen LogP contribution in [0.25, 0.3) is 0 Å². The van der Waals surface area contributed by atoms with E-state index < -0.39 is 0 Å². The summed E-state index contributed by atoms with van der Waals surface area (Å²) in [6.07, 6.45) is 3.90. The molecule has 10 heavy (non-hydrogen) atoms. The molecule has 1 fully saturated rings. The van der Waals surface area contributed by atoms with Crippen molar-refractivity contribution in [1.29, 1.82) is 0 Å². The molecule has 3 N–H and O–H groups in total. The summed E-state index contributed by atoms with van der Waals surface area (Å²) in [6, 6.07) is 0.0276. The van der Waals surface area contributed by atoms with Gasteiger partial charge in [-0.05, 0) is 25.7 Å². The second-order valence-corrected chi connectivity index (χ2v) is 4.74. The number of halogens is 1. The fourth-order valence-corrected chi connectivity index (χ4v) is 1.99. The van der Waals surface area contributed by atoms with E-state index in [9.17, 15) is 5.11 Å². The molecule has 1 aliphatic carbocycles. The third-order valence-electron chi connectivity index (χ3n) is 2.08. The first-order valence-electron chi connectivity index (χ1n) is 3.78. The predicted molar refractivity (Wildman–Crippen MR) is 50.3 cm³/mol. The van der Waals surface area contributed by atoms with Gasteiger partial charge in [-0.3, -0.25) is 0 Å². The average Bonchev–Trinajstić information content (AvgIpc) is 2.04. The highest BCUT2D eigenvalue weighted by molar-refractivity contribution is 14.1. The molecule has 0 amide bonds. The zero-order valence-electron chi connectivity index (χ0n) is 5.96. The van der Waals surface area contributed by atoms with E-state index in [1.54, 1.807) is 0 Å². The number of aliphatic hydroxyl groups is 1. The Balaban J connectivity index is 2.38. The van der Waals surface area contributed by atoms with Crippen LogP contribution in [0.3, 0.4) is 0 Å². The van der Waals surface area contributed by atoms with Crippen molar-refractivity contribution in [2.75, 3.05) is 0 Å². The van der Waals surface area contributed by atoms with Gasteiger partial charge in [-0.15, -0.1) is 0 Å². The van der Waals surface area contributed by atoms with Crippen LogP contribution in [-0.4, -0.2) is 21.2 Å². The molecule has 1 aliphatic rings. The standard InChI is InChI=1S/C7H14INO/c8-5-1-3-6(9)7(10)4-2-5/h5-7,10H,1-4,9H2. The quantitative estimate of drug-likeness (QED) is 0.386. The van der Waals surface area contributed by atoms with Crippen molar-refractivity contribution >= 4 is 22.6 Å². The fraction of sp³-hybridized carbons (Fsp3) is 1.00. The highest BCUT2D eigenvalue weighted by atomic mass is 127. The predicted octanol–water partition coefficient (Wildman–Crippen LogP) is 1.05. The minimum atomic E-state index is -0.250. The van der Waals surface area contributed by atoms with Gasteiger partial charge in [-0.2, -0.15) is 0 Å². The first-order chi connectivity index (χ1) is 4.70. The van der Waals surface area contributed by atoms with Gasteiger partial charge in [-0.1, -0.05) is 22.6 Å². The lowest BCUT2D eigenvalue weighted by Gasteiger charge is -2.13. The third kappa shape index (κ3) is 2.36. The smallest absolute Gasteiger partial charge is 0.0691 e. The lowest BCUT2D eigenvalue weighted by atomic mass is 10.1. The van der Waals surface area contributed by atoms with Gasteiger partial charge in [0.2, 0.25) is 0 Å². The zero-order chi connectivity index (χ0) is 7.56. The summed E-state index contributed by atoms with van der Waals surface area (Å²) in [5, 5.41) is 9.35. The van der Waals surface area contributed by atoms with Gasteiger partial charge in [0.05, 0.1) is 6.10 Å². The number of hydrogen-bond acceptors (Lipinski definition) is 2. The molecule has 0 aromatic rings. The molecule has 0 heterocycles. The van der Waals surface area contributed by atoms with E-state index in [2.05, 4.69) is 22.6 Å². The van der Waals surface area contributed by atoms with Crippen LogP contribution in [0.4, 0.5) is 0 Å². The Kier molecular flexibility index (Phi) is 3.39. The summed E-state index contributed by atoms with van der Waals surface area (Å²) in [4.78, 5) is 0. The first-order valence-corrected chi connectivity index (χ1v) is 5.02. The van der Waals surface area contributed by atoms with Crippen molar-refractivity contribution in [1.82, 2.24) is 0 Å². The lowest BCUT2D eigenvalue weighted by Crippen LogP contribution is -2.33. The van der Waals surface area contributed by atoms with Crippen molar-refractivity contribution < 1.29 is 5.11 Å². The Labute approximate surface area is 75.3 Å². The van der Waals surface area contributed by atoms with Crippen molar-refractivity contribution in [3.63, 3.8) is 0 Å². The molecule has 3 heteroatoms. The number of rotatable bonds is 0. The summed E-state index contributed by atoms with van der Waals surface area (Å²) in [7, 11) is 0. The van der Waals surface area contributed by atoms with Gasteiger partial charge in [0.1, 0.15) is 0 Å². The van der Waals surface area contributed by atoms with E-state index in [-0.39, 0.29) is 12.1 Å². The number of alkyl halides is 1. The monoisotopic (exact) mass is 255 g/mol. The Morgan fingerprint density at radius 2 is 1.80 bits per heavy atom. The van der Waals surface area contributed by atoms with Crippen LogP contribution in [0.2, 0.25) is 0 Å². The number of hydrogen-bond donors (Lipinski definition) is 2. The average molecular weight is 255 g/mol. The molecule has 1 rings (SSSR count). The minimum absolute atomic E-state index is 0.0276. The number of nitrogens with two attached hydrogens (primary N) is 1. The summed E-state index contributed by atoms with van der Waals surface area (Å²) in [5.41, 5.74) is 5.69. The van der Waals surface area contributed by atoms with Crippen molar-refractivity contribution in [2.24, 2.45) is 5.73 Å². The van der Waals surface area contributed by atoms with Gasteiger partial charge in [-0.25, -0.2) is 0 Å². The maximum atomic E-state index is 9.35. The second kappa shape index (κ2) is 3.88. The van der Waals surface area contributed by atoms with Crippen LogP contribution >= 0.6 is 22.6 Å². The van der Waals surface area contributed by atoms with Gasteiger partial charge < -0.3 is 10.8 Å². The molecule has 0 bridgehead atoms. The fourth-order valence-electron chi connectivity index (χ4n) is 1.28. The molecule has 3 unspecified atom stereocenters. The van der Waals surface area contributed by atoms with Gasteiger partial charge >= 0.3 is 0 Å². The third-order valence-corrected chi connectivity index (χ3v) is 3.33. The summed E-state index contributed by atoms with van der Waals surface area (Å²) in [6.45, 7) is 0. The Bertz CT molecular complexity index is 97.8. The molecule has 0 aliphatic heterocycles. The van der Waals surface area contributed by atoms with Crippen LogP contribution in [0.15, 0.2) is 0 Å². The largest absolute Gasteiger partial charge is 0.392 e. The van der Waals surface area contributed by atoms with Crippen LogP contribution in [0.5, 0.6) is 0 Å². The molecular formula is C7H14INO. The molecule has 0 radical (unpaired) electrons. The maximum Gasteiger partial charge on any atom is 0.0691 e. The van der Waals surface area contributed by atoms with E-state index in [1.807, 2.05) is 0 Å². The molecule has 60 valence electrons. The highest BCUT2D eigenvalue weighted by Gasteiger charge is 2.21. The Morgan fingerprint density at radius 1 is 1.20 bits per heavy atom. The van der Waals surface area contributed by atoms with Crippen molar-refractivity contribution in [3.05, 3.63) is 0 Å². The second-order valence-electron chi connectivity index (χ2n) is 2.98. The lowest BCUT2D eigenvalue weighted by molar-refractivity contribution is 0.137. The summed E-state index contributed by atoms with van der Waals surface area (Å²) >= 11 is 2.43. The van der Waals surface area contributed by atoms with E-state index in [0.717, 1.165) is 23.2 Å². The van der Waals surface area contributed by atoms with Crippen LogP contribution < -0.4 is 5.73 Å². The normalized spacial score (nSPS) is 42.9. The van der Waals surface area contributed by atoms with Crippen molar-refractivity contribution in [3.8, 4) is 0 Å². The Hall–Kier alpha value is 0.650. The van der Waals surface area contributed by atoms with Crippen LogP contribution in [0.1, 0.15) is 25.7 Å². The summed E-state index contributed by atoms with van der Waals surface area (Å²) < 4.78 is 0.723. The topological polar surface area (TPSA) is 46.2 Å². The van der Waals surface area contributed by atoms with E-state index in [0.29, 0.717) is 0 Å². The SMILES string of the molecule is NC1CCC(I)CCC1O. The molecule has 0 aromatic carbocycles. The zero-order valence-corrected chi connectivity index (χ0v) is 8.12. The van der Waals surface area contributed by atoms with E-state index >= 15 is 0 Å². The molecular weight excluding hydrogens is 241 g/mol. The first kappa shape index (κ1) is 8.74. The molecule has 0 aromatic heterocycles. The Morgan fingerprint density at radius 3 is 2.50 bits per heavy atom. The van der Waals surface area contributed by atoms with Gasteiger partial charge in [0.25, 0.3) is 0 Å². The van der Waals surface area contributed by atoms with Gasteiger partial charge in [0, 0.05) is 9.97 Å². The molecule has 0 saturated heterocycles. The molecule has 1 saturated carbocycles. The molecule has 2 nitrogen and oxygen atoms in total. The molecule has 3 atom stereocenters.